The van der Waals surface area contributed by atoms with Crippen LogP contribution in [0.25, 0.3) is 11.4 Å². The zero-order chi connectivity index (χ0) is 18.8. The van der Waals surface area contributed by atoms with E-state index < -0.39 is 0 Å². The van der Waals surface area contributed by atoms with Gasteiger partial charge in [0.1, 0.15) is 11.6 Å². The second kappa shape index (κ2) is 10.0. The number of hydrogen-bond acceptors (Lipinski definition) is 4. The third-order valence-electron chi connectivity index (χ3n) is 5.14. The number of H-pyrrole nitrogens is 1. The lowest BCUT2D eigenvalue weighted by Gasteiger charge is -2.25. The van der Waals surface area contributed by atoms with Crippen LogP contribution in [-0.2, 0) is 6.54 Å². The van der Waals surface area contributed by atoms with Crippen LogP contribution in [0.4, 0.5) is 4.39 Å². The van der Waals surface area contributed by atoms with Crippen LogP contribution in [0.2, 0.25) is 0 Å². The van der Waals surface area contributed by atoms with Gasteiger partial charge in [-0.05, 0) is 55.5 Å². The topological polar surface area (TPSA) is 89.6 Å². The van der Waals surface area contributed by atoms with Crippen molar-refractivity contribution in [1.82, 2.24) is 19.7 Å². The molecule has 0 aliphatic heterocycles. The summed E-state index contributed by atoms with van der Waals surface area (Å²) in [6, 6.07) is 10.1. The van der Waals surface area contributed by atoms with E-state index in [1.807, 2.05) is 4.68 Å². The summed E-state index contributed by atoms with van der Waals surface area (Å²) in [5.41, 5.74) is 7.21. The SMILES string of the molecule is Cl.Cl.NC1CCC(c2nc(-c3ccc[nH]c3=O)nn2Cc2ccc(F)cc2)CC1. The molecule has 0 radical (unpaired) electrons. The number of aromatic nitrogens is 4. The van der Waals surface area contributed by atoms with Gasteiger partial charge in [-0.25, -0.2) is 14.1 Å². The minimum Gasteiger partial charge on any atom is -0.328 e. The van der Waals surface area contributed by atoms with Crippen LogP contribution in [0.5, 0.6) is 0 Å². The first-order valence-corrected chi connectivity index (χ1v) is 9.23. The zero-order valence-electron chi connectivity index (χ0n) is 15.8. The molecule has 0 unspecified atom stereocenters. The molecular formula is C20H24Cl2FN5O. The Balaban J connectivity index is 0.00000150. The van der Waals surface area contributed by atoms with Crippen molar-refractivity contribution in [2.75, 3.05) is 0 Å². The van der Waals surface area contributed by atoms with Crippen LogP contribution in [0.15, 0.2) is 47.4 Å². The average Bonchev–Trinajstić information content (AvgIpc) is 3.08. The predicted molar refractivity (Wildman–Crippen MR) is 115 cm³/mol. The van der Waals surface area contributed by atoms with Gasteiger partial charge in [0.2, 0.25) is 0 Å². The van der Waals surface area contributed by atoms with Crippen molar-refractivity contribution < 1.29 is 4.39 Å². The Morgan fingerprint density at radius 1 is 1.10 bits per heavy atom. The Hall–Kier alpha value is -2.22. The summed E-state index contributed by atoms with van der Waals surface area (Å²) < 4.78 is 15.1. The number of hydrogen-bond donors (Lipinski definition) is 2. The Morgan fingerprint density at radius 2 is 1.79 bits per heavy atom. The highest BCUT2D eigenvalue weighted by molar-refractivity contribution is 5.85. The van der Waals surface area contributed by atoms with Crippen LogP contribution < -0.4 is 11.3 Å². The lowest BCUT2D eigenvalue weighted by Crippen LogP contribution is -2.27. The van der Waals surface area contributed by atoms with Gasteiger partial charge in [0.15, 0.2) is 5.82 Å². The van der Waals surface area contributed by atoms with E-state index in [0.717, 1.165) is 37.1 Å². The minimum atomic E-state index is -0.268. The molecule has 6 nitrogen and oxygen atoms in total. The highest BCUT2D eigenvalue weighted by Gasteiger charge is 2.26. The Labute approximate surface area is 180 Å². The lowest BCUT2D eigenvalue weighted by atomic mass is 9.86. The number of nitrogens with one attached hydrogen (secondary N) is 1. The van der Waals surface area contributed by atoms with Gasteiger partial charge in [-0.3, -0.25) is 4.79 Å². The maximum Gasteiger partial charge on any atom is 0.259 e. The predicted octanol–water partition coefficient (Wildman–Crippen LogP) is 3.65. The molecule has 4 rings (SSSR count). The van der Waals surface area contributed by atoms with Crippen LogP contribution in [0.1, 0.15) is 43.0 Å². The van der Waals surface area contributed by atoms with E-state index >= 15 is 0 Å². The molecule has 1 aliphatic rings. The quantitative estimate of drug-likeness (QED) is 0.648. The standard InChI is InChI=1S/C20H22FN5O.2ClH/c21-15-7-3-13(4-8-15)12-26-19(14-5-9-16(22)10-6-14)24-18(25-26)17-2-1-11-23-20(17)27;;/h1-4,7-8,11,14,16H,5-6,9-10,12,22H2,(H,23,27);2*1H. The molecule has 156 valence electrons. The number of rotatable bonds is 4. The molecule has 29 heavy (non-hydrogen) atoms. The smallest absolute Gasteiger partial charge is 0.259 e. The molecule has 0 bridgehead atoms. The number of halogens is 3. The first-order valence-electron chi connectivity index (χ1n) is 9.23. The molecule has 3 N–H and O–H groups in total. The Kier molecular flexibility index (Phi) is 7.96. The van der Waals surface area contributed by atoms with Crippen molar-refractivity contribution in [2.24, 2.45) is 5.73 Å². The molecule has 2 heterocycles. The van der Waals surface area contributed by atoms with Crippen molar-refractivity contribution in [3.63, 3.8) is 0 Å². The van der Waals surface area contributed by atoms with Crippen LogP contribution in [-0.4, -0.2) is 25.8 Å². The Morgan fingerprint density at radius 3 is 2.45 bits per heavy atom. The summed E-state index contributed by atoms with van der Waals surface area (Å²) in [6.07, 6.45) is 5.40. The number of nitrogens with zero attached hydrogens (tertiary/aromatic N) is 3. The summed E-state index contributed by atoms with van der Waals surface area (Å²) in [6.45, 7) is 0.482. The molecule has 3 aromatic rings. The molecule has 9 heteroatoms. The number of benzene rings is 1. The van der Waals surface area contributed by atoms with E-state index in [1.165, 1.54) is 12.1 Å². The summed E-state index contributed by atoms with van der Waals surface area (Å²) in [7, 11) is 0. The van der Waals surface area contributed by atoms with Crippen molar-refractivity contribution in [1.29, 1.82) is 0 Å². The summed E-state index contributed by atoms with van der Waals surface area (Å²) in [4.78, 5) is 19.5. The average molecular weight is 440 g/mol. The summed E-state index contributed by atoms with van der Waals surface area (Å²) in [5, 5.41) is 4.61. The normalized spacial score (nSPS) is 18.6. The van der Waals surface area contributed by atoms with Crippen molar-refractivity contribution >= 4 is 24.8 Å². The molecule has 0 spiro atoms. The highest BCUT2D eigenvalue weighted by atomic mass is 35.5. The van der Waals surface area contributed by atoms with E-state index in [0.29, 0.717) is 17.9 Å². The van der Waals surface area contributed by atoms with Gasteiger partial charge >= 0.3 is 0 Å². The molecule has 0 amide bonds. The second-order valence-electron chi connectivity index (χ2n) is 7.10. The maximum atomic E-state index is 13.2. The summed E-state index contributed by atoms with van der Waals surface area (Å²) in [5.74, 6) is 1.28. The van der Waals surface area contributed by atoms with Gasteiger partial charge in [-0.15, -0.1) is 24.8 Å². The molecule has 1 aromatic carbocycles. The fourth-order valence-corrected chi connectivity index (χ4v) is 3.62. The third kappa shape index (κ3) is 5.23. The van der Waals surface area contributed by atoms with Crippen molar-refractivity contribution in [3.8, 4) is 11.4 Å². The zero-order valence-corrected chi connectivity index (χ0v) is 17.4. The molecule has 1 aliphatic carbocycles. The van der Waals surface area contributed by atoms with Crippen molar-refractivity contribution in [3.05, 3.63) is 70.2 Å². The van der Waals surface area contributed by atoms with E-state index in [1.54, 1.807) is 30.5 Å². The second-order valence-corrected chi connectivity index (χ2v) is 7.10. The van der Waals surface area contributed by atoms with Gasteiger partial charge in [-0.1, -0.05) is 12.1 Å². The van der Waals surface area contributed by atoms with E-state index in [2.05, 4.69) is 10.1 Å². The van der Waals surface area contributed by atoms with Crippen LogP contribution >= 0.6 is 24.8 Å². The fraction of sp³-hybridized carbons (Fsp3) is 0.350. The molecule has 1 fully saturated rings. The first-order chi connectivity index (χ1) is 13.1. The van der Waals surface area contributed by atoms with Gasteiger partial charge < -0.3 is 10.7 Å². The molecule has 0 atom stereocenters. The fourth-order valence-electron chi connectivity index (χ4n) is 3.62. The molecular weight excluding hydrogens is 416 g/mol. The Bertz CT molecular complexity index is 981. The lowest BCUT2D eigenvalue weighted by molar-refractivity contribution is 0.374. The largest absolute Gasteiger partial charge is 0.328 e. The van der Waals surface area contributed by atoms with Crippen LogP contribution in [0.3, 0.4) is 0 Å². The minimum absolute atomic E-state index is 0. The van der Waals surface area contributed by atoms with Crippen molar-refractivity contribution in [2.45, 2.75) is 44.2 Å². The third-order valence-corrected chi connectivity index (χ3v) is 5.14. The molecule has 1 saturated carbocycles. The monoisotopic (exact) mass is 439 g/mol. The number of pyridine rings is 1. The van der Waals surface area contributed by atoms with Gasteiger partial charge in [0, 0.05) is 18.2 Å². The number of nitrogens with two attached hydrogens (primary N) is 1. The van der Waals surface area contributed by atoms with Gasteiger partial charge in [0.05, 0.1) is 12.1 Å². The van der Waals surface area contributed by atoms with E-state index in [-0.39, 0.29) is 48.2 Å². The molecule has 0 saturated heterocycles. The highest BCUT2D eigenvalue weighted by Crippen LogP contribution is 2.32. The van der Waals surface area contributed by atoms with Gasteiger partial charge in [-0.2, -0.15) is 5.10 Å². The van der Waals surface area contributed by atoms with Crippen LogP contribution in [0, 0.1) is 5.82 Å². The first kappa shape index (κ1) is 23.1. The van der Waals surface area contributed by atoms with E-state index in [9.17, 15) is 9.18 Å². The van der Waals surface area contributed by atoms with E-state index in [4.69, 9.17) is 10.7 Å². The maximum absolute atomic E-state index is 13.2. The number of aromatic amines is 1. The van der Waals surface area contributed by atoms with Gasteiger partial charge in [0.25, 0.3) is 5.56 Å². The molecule has 2 aromatic heterocycles. The summed E-state index contributed by atoms with van der Waals surface area (Å²) >= 11 is 0.